The summed E-state index contributed by atoms with van der Waals surface area (Å²) >= 11 is 3.32. The molecule has 98 valence electrons. The molecule has 0 radical (unpaired) electrons. The van der Waals surface area contributed by atoms with Crippen molar-refractivity contribution in [2.24, 2.45) is 0 Å². The van der Waals surface area contributed by atoms with E-state index in [-0.39, 0.29) is 11.4 Å². The number of rotatable bonds is 3. The van der Waals surface area contributed by atoms with Gasteiger partial charge in [0.15, 0.2) is 0 Å². The van der Waals surface area contributed by atoms with Crippen molar-refractivity contribution < 1.29 is 13.2 Å². The van der Waals surface area contributed by atoms with E-state index in [0.29, 0.717) is 11.9 Å². The van der Waals surface area contributed by atoms with E-state index < -0.39 is 16.1 Å². The first-order valence-electron chi connectivity index (χ1n) is 5.43. The van der Waals surface area contributed by atoms with Crippen LogP contribution in [-0.4, -0.2) is 31.8 Å². The molecule has 7 heteroatoms. The summed E-state index contributed by atoms with van der Waals surface area (Å²) in [7, 11) is -3.74. The average Bonchev–Trinajstić information content (AvgIpc) is 2.76. The first-order valence-corrected chi connectivity index (χ1v) is 7.99. The Morgan fingerprint density at radius 2 is 2.17 bits per heavy atom. The SMILES string of the molecule is Cc1ccc(S(=O)(=O)N2CCNC2=O)cc1CBr. The summed E-state index contributed by atoms with van der Waals surface area (Å²) in [5.74, 6) is 0. The van der Waals surface area contributed by atoms with Crippen LogP contribution in [0.3, 0.4) is 0 Å². The molecule has 1 aliphatic rings. The van der Waals surface area contributed by atoms with E-state index in [1.165, 1.54) is 6.07 Å². The first-order chi connectivity index (χ1) is 8.46. The van der Waals surface area contributed by atoms with Crippen LogP contribution in [-0.2, 0) is 15.4 Å². The minimum Gasteiger partial charge on any atom is -0.335 e. The van der Waals surface area contributed by atoms with Gasteiger partial charge in [-0.25, -0.2) is 17.5 Å². The standard InChI is InChI=1S/C11H13BrN2O3S/c1-8-2-3-10(6-9(8)7-12)18(16,17)14-5-4-13-11(14)15/h2-3,6H,4-5,7H2,1H3,(H,13,15). The Labute approximate surface area is 114 Å². The molecule has 1 aromatic carbocycles. The van der Waals surface area contributed by atoms with Gasteiger partial charge in [-0.15, -0.1) is 0 Å². The highest BCUT2D eigenvalue weighted by Gasteiger charge is 2.32. The van der Waals surface area contributed by atoms with E-state index in [2.05, 4.69) is 21.2 Å². The van der Waals surface area contributed by atoms with E-state index in [1.54, 1.807) is 12.1 Å². The minimum absolute atomic E-state index is 0.152. The largest absolute Gasteiger partial charge is 0.335 e. The van der Waals surface area contributed by atoms with Gasteiger partial charge in [0, 0.05) is 11.9 Å². The van der Waals surface area contributed by atoms with Gasteiger partial charge in [-0.3, -0.25) is 0 Å². The summed E-state index contributed by atoms with van der Waals surface area (Å²) < 4.78 is 25.4. The Hall–Kier alpha value is -1.08. The quantitative estimate of drug-likeness (QED) is 0.855. The van der Waals surface area contributed by atoms with Gasteiger partial charge in [-0.05, 0) is 30.2 Å². The molecule has 0 bridgehead atoms. The van der Waals surface area contributed by atoms with Gasteiger partial charge in [0.1, 0.15) is 0 Å². The zero-order chi connectivity index (χ0) is 13.3. The van der Waals surface area contributed by atoms with Crippen molar-refractivity contribution in [2.75, 3.05) is 13.1 Å². The molecule has 5 nitrogen and oxygen atoms in total. The van der Waals surface area contributed by atoms with Crippen molar-refractivity contribution >= 4 is 32.0 Å². The van der Waals surface area contributed by atoms with Gasteiger partial charge in [0.2, 0.25) is 0 Å². The van der Waals surface area contributed by atoms with Gasteiger partial charge < -0.3 is 5.32 Å². The number of sulfonamides is 1. The number of hydrogen-bond donors (Lipinski definition) is 1. The van der Waals surface area contributed by atoms with E-state index in [1.807, 2.05) is 6.92 Å². The Bertz CT molecular complexity index is 586. The molecule has 2 amide bonds. The number of amides is 2. The van der Waals surface area contributed by atoms with Crippen molar-refractivity contribution in [1.29, 1.82) is 0 Å². The number of nitrogens with zero attached hydrogens (tertiary/aromatic N) is 1. The molecule has 0 unspecified atom stereocenters. The second-order valence-corrected chi connectivity index (χ2v) is 6.45. The van der Waals surface area contributed by atoms with Crippen LogP contribution in [0.25, 0.3) is 0 Å². The molecule has 0 saturated carbocycles. The molecule has 1 heterocycles. The van der Waals surface area contributed by atoms with Crippen LogP contribution >= 0.6 is 15.9 Å². The highest BCUT2D eigenvalue weighted by Crippen LogP contribution is 2.22. The fourth-order valence-electron chi connectivity index (χ4n) is 1.76. The van der Waals surface area contributed by atoms with Crippen LogP contribution in [0.15, 0.2) is 23.1 Å². The summed E-state index contributed by atoms with van der Waals surface area (Å²) in [5.41, 5.74) is 1.91. The van der Waals surface area contributed by atoms with Gasteiger partial charge >= 0.3 is 6.03 Å². The van der Waals surface area contributed by atoms with E-state index >= 15 is 0 Å². The van der Waals surface area contributed by atoms with E-state index in [0.717, 1.165) is 15.4 Å². The third kappa shape index (κ3) is 2.24. The first kappa shape index (κ1) is 13.4. The topological polar surface area (TPSA) is 66.5 Å². The van der Waals surface area contributed by atoms with Crippen LogP contribution < -0.4 is 5.32 Å². The molecular formula is C11H13BrN2O3S. The summed E-state index contributed by atoms with van der Waals surface area (Å²) in [6.45, 7) is 2.45. The molecule has 2 rings (SSSR count). The lowest BCUT2D eigenvalue weighted by molar-refractivity contribution is 0.236. The van der Waals surface area contributed by atoms with Crippen molar-refractivity contribution in [3.63, 3.8) is 0 Å². The third-order valence-electron chi connectivity index (χ3n) is 2.87. The second-order valence-electron chi connectivity index (χ2n) is 4.03. The summed E-state index contributed by atoms with van der Waals surface area (Å²) in [6.07, 6.45) is 0. The van der Waals surface area contributed by atoms with Gasteiger partial charge in [-0.2, -0.15) is 0 Å². The maximum atomic E-state index is 12.3. The zero-order valence-corrected chi connectivity index (χ0v) is 12.2. The Morgan fingerprint density at radius 3 is 2.72 bits per heavy atom. The minimum atomic E-state index is -3.74. The maximum Gasteiger partial charge on any atom is 0.331 e. The fourth-order valence-corrected chi connectivity index (χ4v) is 3.77. The normalized spacial score (nSPS) is 15.9. The monoisotopic (exact) mass is 332 g/mol. The molecule has 0 atom stereocenters. The molecule has 18 heavy (non-hydrogen) atoms. The fraction of sp³-hybridized carbons (Fsp3) is 0.364. The number of benzene rings is 1. The number of halogens is 1. The molecule has 0 aromatic heterocycles. The zero-order valence-electron chi connectivity index (χ0n) is 9.81. The number of hydrogen-bond acceptors (Lipinski definition) is 3. The van der Waals surface area contributed by atoms with Crippen molar-refractivity contribution in [3.05, 3.63) is 29.3 Å². The number of nitrogens with one attached hydrogen (secondary N) is 1. The van der Waals surface area contributed by atoms with E-state index in [4.69, 9.17) is 0 Å². The Balaban J connectivity index is 2.44. The highest BCUT2D eigenvalue weighted by molar-refractivity contribution is 9.08. The van der Waals surface area contributed by atoms with Crippen molar-refractivity contribution in [1.82, 2.24) is 9.62 Å². The summed E-state index contributed by atoms with van der Waals surface area (Å²) in [6, 6.07) is 4.32. The maximum absolute atomic E-state index is 12.3. The predicted molar refractivity (Wildman–Crippen MR) is 71.1 cm³/mol. The van der Waals surface area contributed by atoms with Crippen LogP contribution in [0.1, 0.15) is 11.1 Å². The van der Waals surface area contributed by atoms with Gasteiger partial charge in [0.25, 0.3) is 10.0 Å². The number of urea groups is 1. The molecule has 1 fully saturated rings. The Morgan fingerprint density at radius 1 is 1.44 bits per heavy atom. The lowest BCUT2D eigenvalue weighted by atomic mass is 10.1. The summed E-state index contributed by atoms with van der Waals surface area (Å²) in [5, 5.41) is 3.06. The third-order valence-corrected chi connectivity index (χ3v) is 5.25. The smallest absolute Gasteiger partial charge is 0.331 e. The molecule has 1 saturated heterocycles. The second kappa shape index (κ2) is 4.89. The van der Waals surface area contributed by atoms with Gasteiger partial charge in [-0.1, -0.05) is 22.0 Å². The molecule has 1 aromatic rings. The highest BCUT2D eigenvalue weighted by atomic mass is 79.9. The lowest BCUT2D eigenvalue weighted by Crippen LogP contribution is -2.34. The molecule has 0 aliphatic carbocycles. The van der Waals surface area contributed by atoms with E-state index in [9.17, 15) is 13.2 Å². The molecule has 1 aliphatic heterocycles. The molecule has 0 spiro atoms. The number of alkyl halides is 1. The predicted octanol–water partition coefficient (Wildman–Crippen LogP) is 1.60. The van der Waals surface area contributed by atoms with Crippen LogP contribution in [0.2, 0.25) is 0 Å². The van der Waals surface area contributed by atoms with Crippen molar-refractivity contribution in [3.8, 4) is 0 Å². The van der Waals surface area contributed by atoms with Gasteiger partial charge in [0.05, 0.1) is 11.4 Å². The van der Waals surface area contributed by atoms with Crippen molar-refractivity contribution in [2.45, 2.75) is 17.1 Å². The Kier molecular flexibility index (Phi) is 3.63. The number of carbonyl (C=O) groups excluding carboxylic acids is 1. The number of aryl methyl sites for hydroxylation is 1. The average molecular weight is 333 g/mol. The van der Waals surface area contributed by atoms with Crippen LogP contribution in [0, 0.1) is 6.92 Å². The molecule has 1 N–H and O–H groups in total. The lowest BCUT2D eigenvalue weighted by Gasteiger charge is -2.15. The van der Waals surface area contributed by atoms with Crippen LogP contribution in [0.5, 0.6) is 0 Å². The van der Waals surface area contributed by atoms with Crippen LogP contribution in [0.4, 0.5) is 4.79 Å². The molecular weight excluding hydrogens is 320 g/mol. The number of carbonyl (C=O) groups is 1. The summed E-state index contributed by atoms with van der Waals surface area (Å²) in [4.78, 5) is 11.6.